The quantitative estimate of drug-likeness (QED) is 0.783. The number of carbonyl (C=O) groups excluding carboxylic acids is 2. The topological polar surface area (TPSA) is 109 Å². The van der Waals surface area contributed by atoms with E-state index in [2.05, 4.69) is 10.3 Å². The summed E-state index contributed by atoms with van der Waals surface area (Å²) in [6.45, 7) is 2.07. The Morgan fingerprint density at radius 2 is 1.64 bits per heavy atom. The van der Waals surface area contributed by atoms with Gasteiger partial charge in [-0.1, -0.05) is 35.5 Å². The number of benzene rings is 1. The van der Waals surface area contributed by atoms with Crippen molar-refractivity contribution < 1.29 is 19.5 Å². The van der Waals surface area contributed by atoms with E-state index in [4.69, 9.17) is 5.11 Å². The van der Waals surface area contributed by atoms with E-state index in [0.717, 1.165) is 5.56 Å². The first-order chi connectivity index (χ1) is 13.5. The molecule has 0 bridgehead atoms. The van der Waals surface area contributed by atoms with E-state index in [1.54, 1.807) is 4.90 Å². The van der Waals surface area contributed by atoms with Crippen LogP contribution in [-0.2, 0) is 22.6 Å². The van der Waals surface area contributed by atoms with Crippen LogP contribution in [0.4, 0.5) is 0 Å². The van der Waals surface area contributed by atoms with E-state index in [1.807, 2.05) is 35.2 Å². The zero-order valence-electron chi connectivity index (χ0n) is 15.5. The van der Waals surface area contributed by atoms with Gasteiger partial charge in [0.1, 0.15) is 6.54 Å². The molecule has 0 aliphatic carbocycles. The van der Waals surface area contributed by atoms with Crippen molar-refractivity contribution >= 4 is 17.8 Å². The normalized spacial score (nSPS) is 14.6. The summed E-state index contributed by atoms with van der Waals surface area (Å²) in [7, 11) is 0. The fourth-order valence-corrected chi connectivity index (χ4v) is 3.18. The molecule has 1 saturated heterocycles. The first kappa shape index (κ1) is 19.5. The lowest BCUT2D eigenvalue weighted by Crippen LogP contribution is -2.38. The number of hydrogen-bond acceptors (Lipinski definition) is 5. The van der Waals surface area contributed by atoms with Crippen molar-refractivity contribution in [2.24, 2.45) is 0 Å². The Bertz CT molecular complexity index is 836. The van der Waals surface area contributed by atoms with E-state index in [1.165, 1.54) is 10.9 Å². The van der Waals surface area contributed by atoms with Crippen molar-refractivity contribution in [2.45, 2.75) is 25.8 Å². The molecule has 148 valence electrons. The van der Waals surface area contributed by atoms with Crippen LogP contribution in [0.2, 0.25) is 0 Å². The summed E-state index contributed by atoms with van der Waals surface area (Å²) in [6, 6.07) is 9.90. The molecule has 9 nitrogen and oxygen atoms in total. The average molecular weight is 385 g/mol. The predicted octanol–water partition coefficient (Wildman–Crippen LogP) is 0.670. The maximum Gasteiger partial charge on any atom is 0.358 e. The number of nitrogens with zero attached hydrogens (tertiary/aromatic N) is 5. The van der Waals surface area contributed by atoms with Gasteiger partial charge in [0.2, 0.25) is 11.8 Å². The maximum absolute atomic E-state index is 12.5. The molecule has 3 rings (SSSR count). The third-order valence-corrected chi connectivity index (χ3v) is 4.73. The smallest absolute Gasteiger partial charge is 0.358 e. The van der Waals surface area contributed by atoms with E-state index >= 15 is 0 Å². The number of aromatic nitrogens is 3. The molecule has 2 heterocycles. The van der Waals surface area contributed by atoms with Crippen LogP contribution in [0.5, 0.6) is 0 Å². The lowest BCUT2D eigenvalue weighted by molar-refractivity contribution is -0.134. The minimum atomic E-state index is -1.18. The van der Waals surface area contributed by atoms with Crippen LogP contribution in [0.1, 0.15) is 28.9 Å². The summed E-state index contributed by atoms with van der Waals surface area (Å²) in [5.41, 5.74) is 0.940. The highest BCUT2D eigenvalue weighted by Crippen LogP contribution is 2.09. The van der Waals surface area contributed by atoms with Crippen LogP contribution < -0.4 is 0 Å². The molecular formula is C19H23N5O4. The van der Waals surface area contributed by atoms with Crippen molar-refractivity contribution in [3.63, 3.8) is 0 Å². The van der Waals surface area contributed by atoms with Gasteiger partial charge in [-0.15, -0.1) is 5.10 Å². The van der Waals surface area contributed by atoms with Crippen LogP contribution in [0, 0.1) is 0 Å². The number of aromatic carboxylic acids is 1. The molecule has 1 fully saturated rings. The Morgan fingerprint density at radius 3 is 2.29 bits per heavy atom. The standard InChI is InChI=1S/C19H23N5O4/c25-17(8-7-15-5-2-1-3-6-15)22-9-4-10-23(12-11-22)18(26)14-24-13-16(19(27)28)20-21-24/h1-3,5-6,13H,4,7-12,14H2,(H,27,28). The van der Waals surface area contributed by atoms with Crippen LogP contribution in [0.15, 0.2) is 36.5 Å². The van der Waals surface area contributed by atoms with Crippen molar-refractivity contribution in [2.75, 3.05) is 26.2 Å². The average Bonchev–Trinajstić information content (AvgIpc) is 3.02. The first-order valence-electron chi connectivity index (χ1n) is 9.26. The Hall–Kier alpha value is -3.23. The molecule has 0 atom stereocenters. The maximum atomic E-state index is 12.5. The molecule has 0 saturated carbocycles. The number of rotatable bonds is 6. The van der Waals surface area contributed by atoms with Crippen molar-refractivity contribution in [1.29, 1.82) is 0 Å². The molecule has 28 heavy (non-hydrogen) atoms. The predicted molar refractivity (Wildman–Crippen MR) is 99.5 cm³/mol. The van der Waals surface area contributed by atoms with Gasteiger partial charge in [-0.25, -0.2) is 9.48 Å². The van der Waals surface area contributed by atoms with Gasteiger partial charge in [0.25, 0.3) is 0 Å². The summed E-state index contributed by atoms with van der Waals surface area (Å²) >= 11 is 0. The Kier molecular flexibility index (Phi) is 6.36. The molecule has 1 aliphatic heterocycles. The molecular weight excluding hydrogens is 362 g/mol. The molecule has 0 spiro atoms. The fourth-order valence-electron chi connectivity index (χ4n) is 3.18. The third-order valence-electron chi connectivity index (χ3n) is 4.73. The first-order valence-corrected chi connectivity index (χ1v) is 9.26. The van der Waals surface area contributed by atoms with Gasteiger partial charge in [-0.05, 0) is 18.4 Å². The minimum absolute atomic E-state index is 0.0672. The van der Waals surface area contributed by atoms with E-state index in [-0.39, 0.29) is 24.1 Å². The van der Waals surface area contributed by atoms with Crippen LogP contribution in [0.25, 0.3) is 0 Å². The van der Waals surface area contributed by atoms with Gasteiger partial charge < -0.3 is 14.9 Å². The largest absolute Gasteiger partial charge is 0.476 e. The zero-order valence-corrected chi connectivity index (χ0v) is 15.5. The second-order valence-corrected chi connectivity index (χ2v) is 6.71. The number of carboxylic acid groups (broad SMARTS) is 1. The molecule has 1 aromatic heterocycles. The van der Waals surface area contributed by atoms with Crippen LogP contribution >= 0.6 is 0 Å². The summed E-state index contributed by atoms with van der Waals surface area (Å²) in [5, 5.41) is 16.0. The second-order valence-electron chi connectivity index (χ2n) is 6.71. The monoisotopic (exact) mass is 385 g/mol. The van der Waals surface area contributed by atoms with Crippen molar-refractivity contribution in [3.05, 3.63) is 47.8 Å². The molecule has 2 aromatic rings. The van der Waals surface area contributed by atoms with Crippen LogP contribution in [-0.4, -0.2) is 73.9 Å². The summed E-state index contributed by atoms with van der Waals surface area (Å²) in [4.78, 5) is 39.3. The van der Waals surface area contributed by atoms with Crippen molar-refractivity contribution in [1.82, 2.24) is 24.8 Å². The molecule has 1 aromatic carbocycles. The van der Waals surface area contributed by atoms with Gasteiger partial charge in [0, 0.05) is 32.6 Å². The highest BCUT2D eigenvalue weighted by Gasteiger charge is 2.22. The van der Waals surface area contributed by atoms with Gasteiger partial charge in [-0.2, -0.15) is 0 Å². The number of amides is 2. The van der Waals surface area contributed by atoms with E-state index in [9.17, 15) is 14.4 Å². The number of aryl methyl sites for hydroxylation is 1. The molecule has 0 unspecified atom stereocenters. The summed E-state index contributed by atoms with van der Waals surface area (Å²) < 4.78 is 1.22. The molecule has 1 aliphatic rings. The number of carbonyl (C=O) groups is 3. The summed E-state index contributed by atoms with van der Waals surface area (Å²) in [5.74, 6) is -1.25. The highest BCUT2D eigenvalue weighted by molar-refractivity contribution is 5.84. The van der Waals surface area contributed by atoms with E-state index in [0.29, 0.717) is 45.4 Å². The Labute approximate surface area is 162 Å². The summed E-state index contributed by atoms with van der Waals surface area (Å²) in [6.07, 6.45) is 3.10. The Balaban J connectivity index is 1.48. The van der Waals surface area contributed by atoms with Gasteiger partial charge >= 0.3 is 5.97 Å². The van der Waals surface area contributed by atoms with Crippen molar-refractivity contribution in [3.8, 4) is 0 Å². The molecule has 9 heteroatoms. The third kappa shape index (κ3) is 5.15. The molecule has 2 amide bonds. The second kappa shape index (κ2) is 9.12. The number of carboxylic acids is 1. The lowest BCUT2D eigenvalue weighted by Gasteiger charge is -2.22. The lowest BCUT2D eigenvalue weighted by atomic mass is 10.1. The van der Waals surface area contributed by atoms with Crippen LogP contribution in [0.3, 0.4) is 0 Å². The fraction of sp³-hybridized carbons (Fsp3) is 0.421. The van der Waals surface area contributed by atoms with E-state index < -0.39 is 5.97 Å². The Morgan fingerprint density at radius 1 is 0.964 bits per heavy atom. The van der Waals surface area contributed by atoms with Gasteiger partial charge in [-0.3, -0.25) is 9.59 Å². The number of hydrogen-bond donors (Lipinski definition) is 1. The van der Waals surface area contributed by atoms with Gasteiger partial charge in [0.15, 0.2) is 5.69 Å². The minimum Gasteiger partial charge on any atom is -0.476 e. The zero-order chi connectivity index (χ0) is 19.9. The van der Waals surface area contributed by atoms with Gasteiger partial charge in [0.05, 0.1) is 6.20 Å². The SMILES string of the molecule is O=C(O)c1cn(CC(=O)N2CCCN(C(=O)CCc3ccccc3)CC2)nn1. The molecule has 0 radical (unpaired) electrons. The highest BCUT2D eigenvalue weighted by atomic mass is 16.4. The molecule has 1 N–H and O–H groups in total.